The Morgan fingerprint density at radius 3 is 2.73 bits per heavy atom. The van der Waals surface area contributed by atoms with Crippen molar-refractivity contribution in [3.63, 3.8) is 0 Å². The third-order valence-electron chi connectivity index (χ3n) is 3.55. The number of nitrogens with zero attached hydrogens (tertiary/aromatic N) is 2. The number of aromatic nitrogens is 1. The molecule has 1 amide bonds. The number of benzene rings is 1. The molecule has 2 aromatic rings. The average Bonchev–Trinajstić information content (AvgIpc) is 2.84. The maximum absolute atomic E-state index is 12.2. The number of carbonyl (C=O) groups excluding carboxylic acids is 1. The summed E-state index contributed by atoms with van der Waals surface area (Å²) in [6, 6.07) is 7.64. The molecule has 118 valence electrons. The van der Waals surface area contributed by atoms with Gasteiger partial charge in [-0.3, -0.25) is 9.59 Å². The Labute approximate surface area is 133 Å². The minimum Gasteiger partial charge on any atom is -0.496 e. The highest BCUT2D eigenvalue weighted by Crippen LogP contribution is 2.19. The molecule has 0 N–H and O–H groups in total. The lowest BCUT2D eigenvalue weighted by atomic mass is 10.2. The fourth-order valence-electron chi connectivity index (χ4n) is 2.25. The zero-order valence-corrected chi connectivity index (χ0v) is 13.9. The maximum Gasteiger partial charge on any atom is 0.307 e. The van der Waals surface area contributed by atoms with Gasteiger partial charge in [-0.25, -0.2) is 0 Å². The van der Waals surface area contributed by atoms with Gasteiger partial charge in [0.2, 0.25) is 5.91 Å². The number of aryl methyl sites for hydroxylation is 1. The highest BCUT2D eigenvalue weighted by molar-refractivity contribution is 7.07. The van der Waals surface area contributed by atoms with Gasteiger partial charge in [-0.15, -0.1) is 0 Å². The lowest BCUT2D eigenvalue weighted by Crippen LogP contribution is -2.28. The number of amides is 1. The number of hydrogen-bond donors (Lipinski definition) is 0. The molecule has 1 aromatic carbocycles. The van der Waals surface area contributed by atoms with E-state index in [0.29, 0.717) is 19.5 Å². The molecule has 1 aromatic heterocycles. The van der Waals surface area contributed by atoms with Crippen LogP contribution >= 0.6 is 11.3 Å². The second kappa shape index (κ2) is 7.26. The minimum atomic E-state index is -0.0160. The first-order valence-corrected chi connectivity index (χ1v) is 7.91. The fraction of sp³-hybridized carbons (Fsp3) is 0.375. The van der Waals surface area contributed by atoms with Crippen LogP contribution in [-0.4, -0.2) is 29.5 Å². The van der Waals surface area contributed by atoms with E-state index in [1.165, 1.54) is 0 Å². The van der Waals surface area contributed by atoms with Gasteiger partial charge < -0.3 is 14.2 Å². The van der Waals surface area contributed by atoms with Gasteiger partial charge in [-0.1, -0.05) is 29.5 Å². The van der Waals surface area contributed by atoms with Crippen molar-refractivity contribution in [2.75, 3.05) is 14.2 Å². The molecule has 2 rings (SSSR count). The predicted molar refractivity (Wildman–Crippen MR) is 87.4 cm³/mol. The number of ether oxygens (including phenoxy) is 1. The van der Waals surface area contributed by atoms with Crippen LogP contribution in [0.5, 0.6) is 5.75 Å². The average molecular weight is 320 g/mol. The number of para-hydroxylation sites is 1. The van der Waals surface area contributed by atoms with E-state index >= 15 is 0 Å². The van der Waals surface area contributed by atoms with Gasteiger partial charge in [-0.2, -0.15) is 0 Å². The van der Waals surface area contributed by atoms with E-state index in [4.69, 9.17) is 4.74 Å². The molecule has 0 radical (unpaired) electrons. The molecule has 1 heterocycles. The molecule has 0 atom stereocenters. The molecule has 0 aliphatic heterocycles. The molecule has 0 aliphatic rings. The minimum absolute atomic E-state index is 0.00315. The summed E-state index contributed by atoms with van der Waals surface area (Å²) < 4.78 is 6.93. The Hall–Kier alpha value is -2.08. The molecule has 0 aliphatic carbocycles. The summed E-state index contributed by atoms with van der Waals surface area (Å²) in [5.41, 5.74) is 1.86. The Morgan fingerprint density at radius 2 is 2.09 bits per heavy atom. The van der Waals surface area contributed by atoms with E-state index in [1.807, 2.05) is 36.6 Å². The predicted octanol–water partition coefficient (Wildman–Crippen LogP) is 2.28. The van der Waals surface area contributed by atoms with E-state index in [-0.39, 0.29) is 10.8 Å². The number of rotatable bonds is 6. The molecular formula is C16H20N2O3S. The molecular weight excluding hydrogens is 300 g/mol. The van der Waals surface area contributed by atoms with Crippen LogP contribution < -0.4 is 9.61 Å². The highest BCUT2D eigenvalue weighted by Gasteiger charge is 2.13. The van der Waals surface area contributed by atoms with Crippen molar-refractivity contribution >= 4 is 17.2 Å². The lowest BCUT2D eigenvalue weighted by Gasteiger charge is -2.19. The summed E-state index contributed by atoms with van der Waals surface area (Å²) in [5.74, 6) is 0.774. The Morgan fingerprint density at radius 1 is 1.36 bits per heavy atom. The van der Waals surface area contributed by atoms with Gasteiger partial charge in [0.25, 0.3) is 0 Å². The van der Waals surface area contributed by atoms with Crippen molar-refractivity contribution in [2.45, 2.75) is 26.4 Å². The van der Waals surface area contributed by atoms with Crippen LogP contribution in [-0.2, 0) is 17.9 Å². The third-order valence-corrected chi connectivity index (χ3v) is 4.43. The molecule has 0 unspecified atom stereocenters. The van der Waals surface area contributed by atoms with Crippen molar-refractivity contribution in [3.05, 3.63) is 50.6 Å². The molecule has 6 heteroatoms. The van der Waals surface area contributed by atoms with Crippen LogP contribution in [0.15, 0.2) is 34.4 Å². The normalized spacial score (nSPS) is 10.5. The Kier molecular flexibility index (Phi) is 5.38. The lowest BCUT2D eigenvalue weighted by molar-refractivity contribution is -0.130. The van der Waals surface area contributed by atoms with E-state index in [1.54, 1.807) is 23.6 Å². The summed E-state index contributed by atoms with van der Waals surface area (Å²) in [6.07, 6.45) is 0.309. The van der Waals surface area contributed by atoms with E-state index < -0.39 is 0 Å². The van der Waals surface area contributed by atoms with Crippen LogP contribution in [0.3, 0.4) is 0 Å². The molecule has 0 spiro atoms. The molecule has 5 nitrogen and oxygen atoms in total. The SMILES string of the molecule is COc1ccccc1CN(C)C(=O)CCn1c(C)csc1=O. The van der Waals surface area contributed by atoms with Gasteiger partial charge in [0, 0.05) is 43.2 Å². The smallest absolute Gasteiger partial charge is 0.307 e. The maximum atomic E-state index is 12.2. The quantitative estimate of drug-likeness (QED) is 0.820. The number of carbonyl (C=O) groups is 1. The highest BCUT2D eigenvalue weighted by atomic mass is 32.1. The molecule has 0 saturated heterocycles. The fourth-order valence-corrected chi connectivity index (χ4v) is 3.01. The molecule has 0 saturated carbocycles. The van der Waals surface area contributed by atoms with E-state index in [2.05, 4.69) is 0 Å². The first-order chi connectivity index (χ1) is 10.5. The number of thiazole rings is 1. The zero-order chi connectivity index (χ0) is 16.1. The first kappa shape index (κ1) is 16.3. The second-order valence-corrected chi connectivity index (χ2v) is 5.93. The van der Waals surface area contributed by atoms with Crippen LogP contribution in [0.2, 0.25) is 0 Å². The van der Waals surface area contributed by atoms with Crippen molar-refractivity contribution in [2.24, 2.45) is 0 Å². The van der Waals surface area contributed by atoms with Crippen molar-refractivity contribution in [3.8, 4) is 5.75 Å². The summed E-state index contributed by atoms with van der Waals surface area (Å²) in [5, 5.41) is 1.81. The van der Waals surface area contributed by atoms with Gasteiger partial charge in [0.05, 0.1) is 7.11 Å². The summed E-state index contributed by atoms with van der Waals surface area (Å²) in [7, 11) is 3.38. The van der Waals surface area contributed by atoms with Gasteiger partial charge in [-0.05, 0) is 13.0 Å². The van der Waals surface area contributed by atoms with E-state index in [0.717, 1.165) is 28.3 Å². The van der Waals surface area contributed by atoms with Crippen LogP contribution in [0.25, 0.3) is 0 Å². The van der Waals surface area contributed by atoms with Crippen molar-refractivity contribution in [1.29, 1.82) is 0 Å². The van der Waals surface area contributed by atoms with E-state index in [9.17, 15) is 9.59 Å². The number of methoxy groups -OCH3 is 1. The standard InChI is InChI=1S/C16H20N2O3S/c1-12-11-22-16(20)18(12)9-8-15(19)17(2)10-13-6-4-5-7-14(13)21-3/h4-7,11H,8-10H2,1-3H3. The summed E-state index contributed by atoms with van der Waals surface area (Å²) >= 11 is 1.16. The second-order valence-electron chi connectivity index (χ2n) is 5.11. The van der Waals surface area contributed by atoms with Crippen molar-refractivity contribution in [1.82, 2.24) is 9.47 Å². The van der Waals surface area contributed by atoms with Crippen LogP contribution in [0.1, 0.15) is 17.7 Å². The van der Waals surface area contributed by atoms with Crippen LogP contribution in [0.4, 0.5) is 0 Å². The van der Waals surface area contributed by atoms with Gasteiger partial charge in [0.15, 0.2) is 0 Å². The first-order valence-electron chi connectivity index (χ1n) is 7.03. The number of hydrogen-bond acceptors (Lipinski definition) is 4. The Balaban J connectivity index is 1.96. The summed E-state index contributed by atoms with van der Waals surface area (Å²) in [6.45, 7) is 2.78. The Bertz CT molecular complexity index is 705. The van der Waals surface area contributed by atoms with Gasteiger partial charge in [0.1, 0.15) is 5.75 Å². The van der Waals surface area contributed by atoms with Gasteiger partial charge >= 0.3 is 4.87 Å². The largest absolute Gasteiger partial charge is 0.496 e. The van der Waals surface area contributed by atoms with Crippen molar-refractivity contribution < 1.29 is 9.53 Å². The molecule has 22 heavy (non-hydrogen) atoms. The summed E-state index contributed by atoms with van der Waals surface area (Å²) in [4.78, 5) is 25.5. The molecule has 0 fully saturated rings. The zero-order valence-electron chi connectivity index (χ0n) is 13.0. The van der Waals surface area contributed by atoms with Crippen LogP contribution in [0, 0.1) is 6.92 Å². The topological polar surface area (TPSA) is 51.5 Å². The monoisotopic (exact) mass is 320 g/mol. The molecule has 0 bridgehead atoms. The third kappa shape index (κ3) is 3.76.